The van der Waals surface area contributed by atoms with Gasteiger partial charge < -0.3 is 0 Å². The summed E-state index contributed by atoms with van der Waals surface area (Å²) in [6.07, 6.45) is 4.23. The third kappa shape index (κ3) is 3.40. The Morgan fingerprint density at radius 3 is 2.31 bits per heavy atom. The van der Waals surface area contributed by atoms with Crippen LogP contribution < -0.4 is 0 Å². The lowest BCUT2D eigenvalue weighted by molar-refractivity contribution is -0.506. The van der Waals surface area contributed by atoms with Gasteiger partial charge in [0.25, 0.3) is 6.04 Å². The standard InChI is InChI=1S/C11H17NO4/c1-8(13)7-10(12(15)16)11(14)9-5-3-2-4-6-9/h9-10H,2-7H2,1H3. The molecule has 1 aliphatic rings. The molecule has 0 aromatic heterocycles. The van der Waals surface area contributed by atoms with Crippen molar-refractivity contribution in [1.29, 1.82) is 0 Å². The number of carbonyl (C=O) groups is 2. The molecule has 1 unspecified atom stereocenters. The van der Waals surface area contributed by atoms with Gasteiger partial charge in [-0.3, -0.25) is 19.7 Å². The molecule has 5 heteroatoms. The molecule has 0 aliphatic heterocycles. The van der Waals surface area contributed by atoms with E-state index >= 15 is 0 Å². The molecule has 0 N–H and O–H groups in total. The molecule has 0 aromatic carbocycles. The van der Waals surface area contributed by atoms with E-state index in [1.165, 1.54) is 6.92 Å². The summed E-state index contributed by atoms with van der Waals surface area (Å²) in [5.41, 5.74) is 0. The van der Waals surface area contributed by atoms with Gasteiger partial charge >= 0.3 is 0 Å². The van der Waals surface area contributed by atoms with Crippen LogP contribution in [0.25, 0.3) is 0 Å². The summed E-state index contributed by atoms with van der Waals surface area (Å²) in [4.78, 5) is 32.9. The van der Waals surface area contributed by atoms with Crippen LogP contribution >= 0.6 is 0 Å². The van der Waals surface area contributed by atoms with Gasteiger partial charge in [-0.05, 0) is 19.8 Å². The molecule has 0 radical (unpaired) electrons. The third-order valence-corrected chi connectivity index (χ3v) is 3.07. The van der Waals surface area contributed by atoms with E-state index in [4.69, 9.17) is 0 Å². The van der Waals surface area contributed by atoms with Gasteiger partial charge in [-0.1, -0.05) is 19.3 Å². The zero-order chi connectivity index (χ0) is 12.1. The first-order valence-electron chi connectivity index (χ1n) is 5.69. The zero-order valence-electron chi connectivity index (χ0n) is 9.48. The Balaban J connectivity index is 2.65. The Morgan fingerprint density at radius 1 is 1.31 bits per heavy atom. The number of nitro groups is 1. The van der Waals surface area contributed by atoms with Crippen LogP contribution in [0.15, 0.2) is 0 Å². The highest BCUT2D eigenvalue weighted by molar-refractivity contribution is 5.90. The van der Waals surface area contributed by atoms with Gasteiger partial charge in [0.15, 0.2) is 0 Å². The molecule has 0 saturated heterocycles. The van der Waals surface area contributed by atoms with E-state index in [0.717, 1.165) is 32.1 Å². The Hall–Kier alpha value is -1.26. The minimum Gasteiger partial charge on any atom is -0.300 e. The predicted octanol–water partition coefficient (Wildman–Crippen LogP) is 1.76. The van der Waals surface area contributed by atoms with Gasteiger partial charge in [0.1, 0.15) is 5.78 Å². The van der Waals surface area contributed by atoms with Gasteiger partial charge in [0.2, 0.25) is 5.78 Å². The number of nitrogens with zero attached hydrogens (tertiary/aromatic N) is 1. The van der Waals surface area contributed by atoms with Crippen molar-refractivity contribution in [3.8, 4) is 0 Å². The molecule has 1 saturated carbocycles. The normalized spacial score (nSPS) is 19.1. The number of hydrogen-bond acceptors (Lipinski definition) is 4. The van der Waals surface area contributed by atoms with Crippen molar-refractivity contribution in [1.82, 2.24) is 0 Å². The summed E-state index contributed by atoms with van der Waals surface area (Å²) in [7, 11) is 0. The van der Waals surface area contributed by atoms with Crippen molar-refractivity contribution in [3.05, 3.63) is 10.1 Å². The molecule has 0 heterocycles. The van der Waals surface area contributed by atoms with Crippen LogP contribution in [0.2, 0.25) is 0 Å². The Morgan fingerprint density at radius 2 is 1.88 bits per heavy atom. The molecule has 0 aromatic rings. The average molecular weight is 227 g/mol. The van der Waals surface area contributed by atoms with Crippen molar-refractivity contribution in [2.24, 2.45) is 5.92 Å². The fraction of sp³-hybridized carbons (Fsp3) is 0.818. The highest BCUT2D eigenvalue weighted by atomic mass is 16.6. The second kappa shape index (κ2) is 5.72. The van der Waals surface area contributed by atoms with E-state index in [9.17, 15) is 19.7 Å². The van der Waals surface area contributed by atoms with Crippen LogP contribution in [0, 0.1) is 16.0 Å². The second-order valence-corrected chi connectivity index (χ2v) is 4.44. The second-order valence-electron chi connectivity index (χ2n) is 4.44. The van der Waals surface area contributed by atoms with Crippen LogP contribution in [0.4, 0.5) is 0 Å². The highest BCUT2D eigenvalue weighted by Crippen LogP contribution is 2.26. The van der Waals surface area contributed by atoms with Gasteiger partial charge in [-0.2, -0.15) is 0 Å². The molecule has 1 fully saturated rings. The van der Waals surface area contributed by atoms with Crippen molar-refractivity contribution in [2.75, 3.05) is 0 Å². The van der Waals surface area contributed by atoms with Crippen molar-refractivity contribution < 1.29 is 14.5 Å². The maximum atomic E-state index is 11.9. The van der Waals surface area contributed by atoms with E-state index in [1.54, 1.807) is 0 Å². The molecular formula is C11H17NO4. The molecule has 5 nitrogen and oxygen atoms in total. The average Bonchev–Trinajstić information content (AvgIpc) is 2.25. The molecule has 0 bridgehead atoms. The van der Waals surface area contributed by atoms with Crippen molar-refractivity contribution >= 4 is 11.6 Å². The summed E-state index contributed by atoms with van der Waals surface area (Å²) >= 11 is 0. The Kier molecular flexibility index (Phi) is 4.58. The van der Waals surface area contributed by atoms with E-state index in [2.05, 4.69) is 0 Å². The number of Topliss-reactive ketones (excluding diaryl/α,β-unsaturated/α-hetero) is 2. The number of rotatable bonds is 5. The first kappa shape index (κ1) is 12.8. The largest absolute Gasteiger partial charge is 0.300 e. The SMILES string of the molecule is CC(=O)CC(C(=O)C1CCCCC1)[N+](=O)[O-]. The van der Waals surface area contributed by atoms with Gasteiger partial charge in [0.05, 0.1) is 6.42 Å². The topological polar surface area (TPSA) is 77.3 Å². The number of carbonyl (C=O) groups excluding carboxylic acids is 2. The Bertz CT molecular complexity index is 294. The van der Waals surface area contributed by atoms with Crippen molar-refractivity contribution in [3.63, 3.8) is 0 Å². The monoisotopic (exact) mass is 227 g/mol. The maximum absolute atomic E-state index is 11.9. The smallest absolute Gasteiger partial charge is 0.277 e. The fourth-order valence-electron chi connectivity index (χ4n) is 2.21. The summed E-state index contributed by atoms with van der Waals surface area (Å²) < 4.78 is 0. The molecule has 16 heavy (non-hydrogen) atoms. The van der Waals surface area contributed by atoms with Gasteiger partial charge in [0, 0.05) is 10.8 Å². The van der Waals surface area contributed by atoms with E-state index in [1.807, 2.05) is 0 Å². The number of hydrogen-bond donors (Lipinski definition) is 0. The third-order valence-electron chi connectivity index (χ3n) is 3.07. The molecule has 90 valence electrons. The molecule has 1 aliphatic carbocycles. The predicted molar refractivity (Wildman–Crippen MR) is 57.7 cm³/mol. The summed E-state index contributed by atoms with van der Waals surface area (Å²) in [5.74, 6) is -0.853. The van der Waals surface area contributed by atoms with Crippen LogP contribution in [-0.2, 0) is 9.59 Å². The lowest BCUT2D eigenvalue weighted by atomic mass is 9.83. The first-order chi connectivity index (χ1) is 7.52. The van der Waals surface area contributed by atoms with Crippen LogP contribution in [-0.4, -0.2) is 22.5 Å². The summed E-state index contributed by atoms with van der Waals surface area (Å²) in [6.45, 7) is 1.28. The lowest BCUT2D eigenvalue weighted by Crippen LogP contribution is -2.37. The lowest BCUT2D eigenvalue weighted by Gasteiger charge is -2.21. The molecule has 1 rings (SSSR count). The molecule has 0 amide bonds. The quantitative estimate of drug-likeness (QED) is 0.529. The van der Waals surface area contributed by atoms with Crippen LogP contribution in [0.3, 0.4) is 0 Å². The Labute approximate surface area is 94.4 Å². The summed E-state index contributed by atoms with van der Waals surface area (Å²) in [6, 6.07) is -1.32. The van der Waals surface area contributed by atoms with Crippen LogP contribution in [0.5, 0.6) is 0 Å². The minimum atomic E-state index is -1.32. The van der Waals surface area contributed by atoms with Gasteiger partial charge in [-0.15, -0.1) is 0 Å². The van der Waals surface area contributed by atoms with Crippen molar-refractivity contribution in [2.45, 2.75) is 51.5 Å². The highest BCUT2D eigenvalue weighted by Gasteiger charge is 2.36. The molecular weight excluding hydrogens is 210 g/mol. The number of ketones is 2. The maximum Gasteiger partial charge on any atom is 0.277 e. The minimum absolute atomic E-state index is 0.205. The summed E-state index contributed by atoms with van der Waals surface area (Å²) in [5, 5.41) is 10.8. The van der Waals surface area contributed by atoms with Crippen LogP contribution in [0.1, 0.15) is 45.4 Å². The van der Waals surface area contributed by atoms with E-state index in [-0.39, 0.29) is 23.9 Å². The van der Waals surface area contributed by atoms with E-state index in [0.29, 0.717) is 0 Å². The van der Waals surface area contributed by atoms with Gasteiger partial charge in [-0.25, -0.2) is 0 Å². The van der Waals surface area contributed by atoms with E-state index < -0.39 is 11.0 Å². The molecule has 1 atom stereocenters. The zero-order valence-corrected chi connectivity index (χ0v) is 9.48. The molecule has 0 spiro atoms. The first-order valence-corrected chi connectivity index (χ1v) is 5.69. The fourth-order valence-corrected chi connectivity index (χ4v) is 2.21.